The van der Waals surface area contributed by atoms with Gasteiger partial charge in [0.25, 0.3) is 0 Å². The molecule has 1 aromatic rings. The number of rotatable bonds is 4. The predicted octanol–water partition coefficient (Wildman–Crippen LogP) is 2.87. The van der Waals surface area contributed by atoms with Crippen molar-refractivity contribution in [3.05, 3.63) is 40.4 Å². The molecule has 0 spiro atoms. The molecule has 2 N–H and O–H groups in total. The molecule has 1 amide bonds. The van der Waals surface area contributed by atoms with Gasteiger partial charge in [-0.2, -0.15) is 5.26 Å². The summed E-state index contributed by atoms with van der Waals surface area (Å²) in [4.78, 5) is 11.8. The minimum atomic E-state index is -0.228. The van der Waals surface area contributed by atoms with Crippen molar-refractivity contribution >= 4 is 17.7 Å². The van der Waals surface area contributed by atoms with E-state index in [1.807, 2.05) is 0 Å². The molecule has 104 valence electrons. The SMILES string of the molecule is CCCSC1=C(C#N)C(c2ccc(O)cc2)CC(=O)N1. The highest BCUT2D eigenvalue weighted by Gasteiger charge is 2.29. The summed E-state index contributed by atoms with van der Waals surface area (Å²) in [6.45, 7) is 2.06. The molecular formula is C15H16N2O2S. The van der Waals surface area contributed by atoms with Gasteiger partial charge in [0.05, 0.1) is 16.7 Å². The topological polar surface area (TPSA) is 73.1 Å². The lowest BCUT2D eigenvalue weighted by Crippen LogP contribution is -2.30. The van der Waals surface area contributed by atoms with Gasteiger partial charge in [-0.25, -0.2) is 0 Å². The van der Waals surface area contributed by atoms with Gasteiger partial charge in [0, 0.05) is 12.3 Å². The van der Waals surface area contributed by atoms with E-state index in [0.717, 1.165) is 17.7 Å². The van der Waals surface area contributed by atoms with E-state index in [4.69, 9.17) is 0 Å². The van der Waals surface area contributed by atoms with Crippen LogP contribution in [-0.2, 0) is 4.79 Å². The van der Waals surface area contributed by atoms with E-state index in [0.29, 0.717) is 10.6 Å². The summed E-state index contributed by atoms with van der Waals surface area (Å²) in [5, 5.41) is 22.2. The minimum Gasteiger partial charge on any atom is -0.508 e. The van der Waals surface area contributed by atoms with Crippen LogP contribution in [0.1, 0.15) is 31.2 Å². The Morgan fingerprint density at radius 1 is 1.45 bits per heavy atom. The fourth-order valence-corrected chi connectivity index (χ4v) is 3.07. The van der Waals surface area contributed by atoms with Crippen LogP contribution in [0.25, 0.3) is 0 Å². The first-order chi connectivity index (χ1) is 9.65. The lowest BCUT2D eigenvalue weighted by atomic mass is 9.87. The third-order valence-corrected chi connectivity index (χ3v) is 4.33. The fourth-order valence-electron chi connectivity index (χ4n) is 2.13. The Bertz CT molecular complexity index is 573. The normalized spacial score (nSPS) is 18.6. The maximum Gasteiger partial charge on any atom is 0.225 e. The van der Waals surface area contributed by atoms with Crippen molar-refractivity contribution in [2.45, 2.75) is 25.7 Å². The highest BCUT2D eigenvalue weighted by Crippen LogP contribution is 2.36. The molecule has 20 heavy (non-hydrogen) atoms. The molecule has 0 aliphatic carbocycles. The summed E-state index contributed by atoms with van der Waals surface area (Å²) in [7, 11) is 0. The first kappa shape index (κ1) is 14.5. The number of thioether (sulfide) groups is 1. The number of carbonyl (C=O) groups excluding carboxylic acids is 1. The van der Waals surface area contributed by atoms with E-state index >= 15 is 0 Å². The molecule has 0 aromatic heterocycles. The van der Waals surface area contributed by atoms with Crippen LogP contribution in [0.5, 0.6) is 5.75 Å². The third-order valence-electron chi connectivity index (χ3n) is 3.10. The standard InChI is InChI=1S/C15H16N2O2S/c1-2-7-20-15-13(9-16)12(8-14(19)17-15)10-3-5-11(18)6-4-10/h3-6,12,18H,2,7-8H2,1H3,(H,17,19). The van der Waals surface area contributed by atoms with E-state index < -0.39 is 0 Å². The number of carbonyl (C=O) groups is 1. The van der Waals surface area contributed by atoms with E-state index in [1.165, 1.54) is 11.8 Å². The lowest BCUT2D eigenvalue weighted by Gasteiger charge is -2.25. The molecule has 1 unspecified atom stereocenters. The van der Waals surface area contributed by atoms with Gasteiger partial charge >= 0.3 is 0 Å². The van der Waals surface area contributed by atoms with Crippen LogP contribution in [0.2, 0.25) is 0 Å². The maximum absolute atomic E-state index is 11.8. The zero-order chi connectivity index (χ0) is 14.5. The van der Waals surface area contributed by atoms with Crippen LogP contribution in [0.15, 0.2) is 34.9 Å². The average Bonchev–Trinajstić information content (AvgIpc) is 2.45. The van der Waals surface area contributed by atoms with E-state index in [-0.39, 0.29) is 24.0 Å². The number of phenols is 1. The number of allylic oxidation sites excluding steroid dienone is 1. The van der Waals surface area contributed by atoms with Crippen molar-refractivity contribution < 1.29 is 9.90 Å². The molecule has 1 aromatic carbocycles. The van der Waals surface area contributed by atoms with Crippen LogP contribution >= 0.6 is 11.8 Å². The summed E-state index contributed by atoms with van der Waals surface area (Å²) in [6.07, 6.45) is 1.25. The molecule has 4 nitrogen and oxygen atoms in total. The molecule has 2 rings (SSSR count). The Balaban J connectivity index is 2.37. The quantitative estimate of drug-likeness (QED) is 0.893. The lowest BCUT2D eigenvalue weighted by molar-refractivity contribution is -0.120. The molecule has 1 aliphatic heterocycles. The number of amides is 1. The molecule has 0 saturated heterocycles. The predicted molar refractivity (Wildman–Crippen MR) is 79.0 cm³/mol. The fraction of sp³-hybridized carbons (Fsp3) is 0.333. The average molecular weight is 288 g/mol. The smallest absolute Gasteiger partial charge is 0.225 e. The first-order valence-electron chi connectivity index (χ1n) is 6.51. The van der Waals surface area contributed by atoms with E-state index in [9.17, 15) is 15.2 Å². The molecule has 1 aliphatic rings. The Morgan fingerprint density at radius 3 is 2.75 bits per heavy atom. The first-order valence-corrected chi connectivity index (χ1v) is 7.50. The number of aromatic hydroxyl groups is 1. The summed E-state index contributed by atoms with van der Waals surface area (Å²) in [5.74, 6) is 0.745. The van der Waals surface area contributed by atoms with Crippen LogP contribution in [0.4, 0.5) is 0 Å². The number of nitrogens with zero attached hydrogens (tertiary/aromatic N) is 1. The molecule has 0 fully saturated rings. The van der Waals surface area contributed by atoms with Gasteiger partial charge in [0.1, 0.15) is 5.75 Å². The minimum absolute atomic E-state index is 0.0688. The number of hydrogen-bond donors (Lipinski definition) is 2. The van der Waals surface area contributed by atoms with E-state index in [2.05, 4.69) is 18.3 Å². The summed E-state index contributed by atoms with van der Waals surface area (Å²) in [5.41, 5.74) is 1.48. The van der Waals surface area contributed by atoms with Gasteiger partial charge < -0.3 is 10.4 Å². The van der Waals surface area contributed by atoms with Crippen molar-refractivity contribution in [2.75, 3.05) is 5.75 Å². The molecule has 1 atom stereocenters. The van der Waals surface area contributed by atoms with Gasteiger partial charge in [-0.15, -0.1) is 11.8 Å². The van der Waals surface area contributed by atoms with Crippen molar-refractivity contribution in [3.63, 3.8) is 0 Å². The van der Waals surface area contributed by atoms with E-state index in [1.54, 1.807) is 24.3 Å². The largest absolute Gasteiger partial charge is 0.508 e. The summed E-state index contributed by atoms with van der Waals surface area (Å²) < 4.78 is 0. The van der Waals surface area contributed by atoms with Crippen LogP contribution in [-0.4, -0.2) is 16.8 Å². The Kier molecular flexibility index (Phi) is 4.70. The van der Waals surface area contributed by atoms with Gasteiger partial charge in [-0.1, -0.05) is 19.1 Å². The van der Waals surface area contributed by atoms with Crippen molar-refractivity contribution in [3.8, 4) is 11.8 Å². The van der Waals surface area contributed by atoms with Crippen molar-refractivity contribution in [2.24, 2.45) is 0 Å². The van der Waals surface area contributed by atoms with Crippen LogP contribution in [0.3, 0.4) is 0 Å². The second-order valence-electron chi connectivity index (χ2n) is 4.60. The molecule has 0 radical (unpaired) electrons. The number of hydrogen-bond acceptors (Lipinski definition) is 4. The Morgan fingerprint density at radius 2 is 2.15 bits per heavy atom. The van der Waals surface area contributed by atoms with Crippen LogP contribution in [0, 0.1) is 11.3 Å². The molecular weight excluding hydrogens is 272 g/mol. The van der Waals surface area contributed by atoms with Gasteiger partial charge in [0.15, 0.2) is 0 Å². The highest BCUT2D eigenvalue weighted by molar-refractivity contribution is 8.03. The number of phenolic OH excluding ortho intramolecular Hbond substituents is 1. The van der Waals surface area contributed by atoms with Gasteiger partial charge in [-0.05, 0) is 29.9 Å². The maximum atomic E-state index is 11.8. The second-order valence-corrected chi connectivity index (χ2v) is 5.70. The Hall–Kier alpha value is -1.93. The van der Waals surface area contributed by atoms with Crippen molar-refractivity contribution in [1.82, 2.24) is 5.32 Å². The third kappa shape index (κ3) is 3.14. The molecule has 0 saturated carbocycles. The molecule has 1 heterocycles. The highest BCUT2D eigenvalue weighted by atomic mass is 32.2. The van der Waals surface area contributed by atoms with Crippen molar-refractivity contribution in [1.29, 1.82) is 5.26 Å². The summed E-state index contributed by atoms with van der Waals surface area (Å²) >= 11 is 1.51. The zero-order valence-corrected chi connectivity index (χ0v) is 12.0. The summed E-state index contributed by atoms with van der Waals surface area (Å²) in [6, 6.07) is 8.91. The van der Waals surface area contributed by atoms with Gasteiger partial charge in [-0.3, -0.25) is 4.79 Å². The van der Waals surface area contributed by atoms with Crippen LogP contribution < -0.4 is 5.32 Å². The number of nitriles is 1. The number of benzene rings is 1. The molecule has 0 bridgehead atoms. The monoisotopic (exact) mass is 288 g/mol. The molecule has 5 heteroatoms. The van der Waals surface area contributed by atoms with Gasteiger partial charge in [0.2, 0.25) is 5.91 Å². The zero-order valence-electron chi connectivity index (χ0n) is 11.2. The number of nitrogens with one attached hydrogen (secondary N) is 1. The second kappa shape index (κ2) is 6.49. The Labute approximate surface area is 122 Å².